The molecule has 1 saturated carbocycles. The number of aryl methyl sites for hydroxylation is 1. The largest absolute Gasteiger partial charge is 0.398 e. The number of aliphatic hydroxyl groups excluding tert-OH is 2. The summed E-state index contributed by atoms with van der Waals surface area (Å²) in [6.45, 7) is 3.96. The minimum Gasteiger partial charge on any atom is -0.398 e. The third-order valence-electron chi connectivity index (χ3n) is 7.11. The molecule has 0 spiro atoms. The lowest BCUT2D eigenvalue weighted by Crippen LogP contribution is -2.35. The summed E-state index contributed by atoms with van der Waals surface area (Å²) in [5, 5.41) is 23.4. The standard InChI is InChI=1S/C25H25ClFN5O2/c1-2-25(6-3-13-9-17(27)15-11-16(26)23(29)31-19(15)10-13)12-20(21(33)22(25)34)32-8-5-14-18(28)4-7-30-24(14)32/h2,4-5,7-11,20-22,33-34H,1,3,6,12H2,(H2,28,30)(H2,29,31)/t20-,21+,22+,25+/m1/s1. The molecule has 0 aliphatic heterocycles. The molecule has 5 rings (SSSR count). The second-order valence-electron chi connectivity index (χ2n) is 9.00. The molecule has 176 valence electrons. The van der Waals surface area contributed by atoms with E-state index >= 15 is 0 Å². The van der Waals surface area contributed by atoms with E-state index in [1.165, 1.54) is 12.1 Å². The van der Waals surface area contributed by atoms with Crippen LogP contribution in [-0.2, 0) is 6.42 Å². The van der Waals surface area contributed by atoms with Crippen molar-refractivity contribution < 1.29 is 14.6 Å². The molecular weight excluding hydrogens is 457 g/mol. The van der Waals surface area contributed by atoms with Crippen LogP contribution in [0.15, 0.2) is 55.4 Å². The predicted octanol–water partition coefficient (Wildman–Crippen LogP) is 4.01. The molecule has 1 aromatic carbocycles. The number of aliphatic hydroxyl groups is 2. The van der Waals surface area contributed by atoms with Gasteiger partial charge in [-0.05, 0) is 55.2 Å². The van der Waals surface area contributed by atoms with E-state index in [0.29, 0.717) is 47.1 Å². The van der Waals surface area contributed by atoms with Crippen LogP contribution in [0.4, 0.5) is 15.9 Å². The Labute approximate surface area is 200 Å². The number of anilines is 2. The summed E-state index contributed by atoms with van der Waals surface area (Å²) < 4.78 is 16.6. The van der Waals surface area contributed by atoms with E-state index in [9.17, 15) is 14.6 Å². The van der Waals surface area contributed by atoms with Gasteiger partial charge in [0.25, 0.3) is 0 Å². The van der Waals surface area contributed by atoms with Gasteiger partial charge < -0.3 is 26.2 Å². The molecule has 4 aromatic rings. The first kappa shape index (κ1) is 22.6. The van der Waals surface area contributed by atoms with Gasteiger partial charge in [0.15, 0.2) is 0 Å². The Morgan fingerprint density at radius 2 is 2.03 bits per heavy atom. The molecule has 0 radical (unpaired) electrons. The predicted molar refractivity (Wildman–Crippen MR) is 132 cm³/mol. The number of fused-ring (bicyclic) bond motifs is 2. The second kappa shape index (κ2) is 8.23. The van der Waals surface area contributed by atoms with Gasteiger partial charge in [0.1, 0.15) is 23.4 Å². The fourth-order valence-corrected chi connectivity index (χ4v) is 5.30. The van der Waals surface area contributed by atoms with Crippen LogP contribution in [0.5, 0.6) is 0 Å². The van der Waals surface area contributed by atoms with Gasteiger partial charge in [0.05, 0.1) is 22.7 Å². The molecule has 9 heteroatoms. The number of rotatable bonds is 5. The van der Waals surface area contributed by atoms with Gasteiger partial charge in [0.2, 0.25) is 0 Å². The number of nitrogens with zero attached hydrogens (tertiary/aromatic N) is 3. The minimum absolute atomic E-state index is 0.138. The monoisotopic (exact) mass is 481 g/mol. The normalized spacial score (nSPS) is 24.8. The summed E-state index contributed by atoms with van der Waals surface area (Å²) in [6.07, 6.45) is 4.39. The molecule has 1 aliphatic carbocycles. The number of hydrogen-bond acceptors (Lipinski definition) is 6. The van der Waals surface area contributed by atoms with Crippen molar-refractivity contribution in [3.8, 4) is 0 Å². The average molecular weight is 482 g/mol. The van der Waals surface area contributed by atoms with Crippen LogP contribution < -0.4 is 11.5 Å². The summed E-state index contributed by atoms with van der Waals surface area (Å²) in [5.41, 5.74) is 13.4. The van der Waals surface area contributed by atoms with E-state index in [1.54, 1.807) is 24.4 Å². The van der Waals surface area contributed by atoms with Crippen LogP contribution in [0, 0.1) is 11.2 Å². The van der Waals surface area contributed by atoms with Gasteiger partial charge in [-0.1, -0.05) is 17.7 Å². The van der Waals surface area contributed by atoms with Crippen LogP contribution in [0.1, 0.15) is 24.4 Å². The quantitative estimate of drug-likeness (QED) is 0.319. The molecule has 4 atom stereocenters. The second-order valence-corrected chi connectivity index (χ2v) is 9.41. The fraction of sp³-hybridized carbons (Fsp3) is 0.280. The van der Waals surface area contributed by atoms with Gasteiger partial charge in [-0.2, -0.15) is 0 Å². The molecule has 6 N–H and O–H groups in total. The minimum atomic E-state index is -1.05. The first-order chi connectivity index (χ1) is 16.2. The molecule has 3 aromatic heterocycles. The maximum absolute atomic E-state index is 14.7. The van der Waals surface area contributed by atoms with Crippen molar-refractivity contribution in [2.24, 2.45) is 5.41 Å². The number of benzene rings is 1. The highest BCUT2D eigenvalue weighted by Gasteiger charge is 2.51. The molecule has 7 nitrogen and oxygen atoms in total. The molecule has 0 amide bonds. The van der Waals surface area contributed by atoms with E-state index in [4.69, 9.17) is 23.1 Å². The van der Waals surface area contributed by atoms with E-state index in [0.717, 1.165) is 5.39 Å². The zero-order valence-electron chi connectivity index (χ0n) is 18.3. The Hall–Kier alpha value is -3.20. The van der Waals surface area contributed by atoms with Crippen LogP contribution in [-0.4, -0.2) is 37.0 Å². The van der Waals surface area contributed by atoms with Crippen molar-refractivity contribution in [3.05, 3.63) is 71.8 Å². The van der Waals surface area contributed by atoms with Crippen LogP contribution >= 0.6 is 11.6 Å². The summed E-state index contributed by atoms with van der Waals surface area (Å²) in [7, 11) is 0. The molecule has 3 heterocycles. The fourth-order valence-electron chi connectivity index (χ4n) is 5.15. The third kappa shape index (κ3) is 3.50. The maximum atomic E-state index is 14.7. The number of halogens is 2. The summed E-state index contributed by atoms with van der Waals surface area (Å²) >= 11 is 5.98. The Morgan fingerprint density at radius 3 is 2.79 bits per heavy atom. The van der Waals surface area contributed by atoms with Gasteiger partial charge >= 0.3 is 0 Å². The number of pyridine rings is 2. The Morgan fingerprint density at radius 1 is 1.24 bits per heavy atom. The van der Waals surface area contributed by atoms with Gasteiger partial charge in [-0.25, -0.2) is 14.4 Å². The van der Waals surface area contributed by atoms with Gasteiger partial charge in [-0.3, -0.25) is 0 Å². The first-order valence-corrected chi connectivity index (χ1v) is 11.4. The molecular formula is C25H25ClFN5O2. The van der Waals surface area contributed by atoms with E-state index in [-0.39, 0.29) is 10.8 Å². The topological polar surface area (TPSA) is 123 Å². The van der Waals surface area contributed by atoms with Crippen molar-refractivity contribution in [2.45, 2.75) is 37.5 Å². The van der Waals surface area contributed by atoms with Crippen molar-refractivity contribution in [3.63, 3.8) is 0 Å². The lowest BCUT2D eigenvalue weighted by Gasteiger charge is -2.29. The molecule has 0 bridgehead atoms. The van der Waals surface area contributed by atoms with Gasteiger partial charge in [0, 0.05) is 34.3 Å². The van der Waals surface area contributed by atoms with E-state index in [1.807, 2.05) is 16.8 Å². The van der Waals surface area contributed by atoms with Crippen molar-refractivity contribution in [1.29, 1.82) is 0 Å². The van der Waals surface area contributed by atoms with E-state index < -0.39 is 29.5 Å². The van der Waals surface area contributed by atoms with Crippen molar-refractivity contribution >= 4 is 45.0 Å². The van der Waals surface area contributed by atoms with Crippen LogP contribution in [0.2, 0.25) is 5.02 Å². The number of hydrogen-bond donors (Lipinski definition) is 4. The average Bonchev–Trinajstić information content (AvgIpc) is 3.35. The molecule has 0 unspecified atom stereocenters. The highest BCUT2D eigenvalue weighted by Crippen LogP contribution is 2.49. The molecule has 1 aliphatic rings. The highest BCUT2D eigenvalue weighted by molar-refractivity contribution is 6.33. The van der Waals surface area contributed by atoms with E-state index in [2.05, 4.69) is 16.5 Å². The molecule has 0 saturated heterocycles. The smallest absolute Gasteiger partial charge is 0.142 e. The Kier molecular flexibility index (Phi) is 5.47. The first-order valence-electron chi connectivity index (χ1n) is 11.0. The highest BCUT2D eigenvalue weighted by atomic mass is 35.5. The lowest BCUT2D eigenvalue weighted by molar-refractivity contribution is -0.0143. The zero-order chi connectivity index (χ0) is 24.2. The SMILES string of the molecule is C=C[C@]1(CCc2cc(F)c3cc(Cl)c(N)nc3c2)C[C@@H](n2ccc3c(N)ccnc32)[C@H](O)[C@@H]1O. The zero-order valence-corrected chi connectivity index (χ0v) is 19.1. The molecule has 1 fully saturated rings. The number of nitrogens with two attached hydrogens (primary N) is 2. The summed E-state index contributed by atoms with van der Waals surface area (Å²) in [4.78, 5) is 8.62. The summed E-state index contributed by atoms with van der Waals surface area (Å²) in [5.74, 6) is -0.305. The van der Waals surface area contributed by atoms with Crippen molar-refractivity contribution in [1.82, 2.24) is 14.5 Å². The molecule has 34 heavy (non-hydrogen) atoms. The third-order valence-corrected chi connectivity index (χ3v) is 7.41. The lowest BCUT2D eigenvalue weighted by atomic mass is 9.78. The summed E-state index contributed by atoms with van der Waals surface area (Å²) in [6, 6.07) is 7.83. The maximum Gasteiger partial charge on any atom is 0.142 e. The Bertz CT molecular complexity index is 1420. The van der Waals surface area contributed by atoms with Crippen LogP contribution in [0.25, 0.3) is 21.9 Å². The Balaban J connectivity index is 1.44. The van der Waals surface area contributed by atoms with Crippen LogP contribution in [0.3, 0.4) is 0 Å². The number of nitrogen functional groups attached to an aromatic ring is 2. The number of aromatic nitrogens is 3. The van der Waals surface area contributed by atoms with Crippen molar-refractivity contribution in [2.75, 3.05) is 11.5 Å². The van der Waals surface area contributed by atoms with Gasteiger partial charge in [-0.15, -0.1) is 6.58 Å².